The third kappa shape index (κ3) is 4.69. The third-order valence-corrected chi connectivity index (χ3v) is 5.60. The molecule has 144 valence electrons. The maximum atomic E-state index is 12.3. The number of thioether (sulfide) groups is 1. The Morgan fingerprint density at radius 2 is 2.19 bits per heavy atom. The zero-order valence-electron chi connectivity index (χ0n) is 15.4. The molecule has 8 nitrogen and oxygen atoms in total. The summed E-state index contributed by atoms with van der Waals surface area (Å²) >= 11 is 1.61. The molecular weight excluding hydrogens is 354 g/mol. The lowest BCUT2D eigenvalue weighted by Crippen LogP contribution is -2.40. The minimum Gasteiger partial charge on any atom is -0.339 e. The highest BCUT2D eigenvalue weighted by Gasteiger charge is 2.36. The van der Waals surface area contributed by atoms with Crippen molar-refractivity contribution in [2.45, 2.75) is 50.4 Å². The molecule has 2 heterocycles. The number of carbonyl (C=O) groups is 2. The molecule has 0 unspecified atom stereocenters. The highest BCUT2D eigenvalue weighted by Crippen LogP contribution is 2.29. The Morgan fingerprint density at radius 1 is 1.42 bits per heavy atom. The second-order valence-corrected chi connectivity index (χ2v) is 8.00. The summed E-state index contributed by atoms with van der Waals surface area (Å²) in [7, 11) is 1.75. The van der Waals surface area contributed by atoms with Crippen molar-refractivity contribution in [2.24, 2.45) is 5.92 Å². The van der Waals surface area contributed by atoms with E-state index >= 15 is 0 Å². The SMILES string of the molecule is CSCc1noc(CNC(=O)N(C)C[C@@H]2CC(=O)N(C3CCCC3)C2)n1. The van der Waals surface area contributed by atoms with Gasteiger partial charge < -0.3 is 19.6 Å². The molecule has 1 N–H and O–H groups in total. The molecule has 1 aliphatic heterocycles. The lowest BCUT2D eigenvalue weighted by atomic mass is 10.1. The molecule has 26 heavy (non-hydrogen) atoms. The van der Waals surface area contributed by atoms with Crippen molar-refractivity contribution >= 4 is 23.7 Å². The van der Waals surface area contributed by atoms with Crippen LogP contribution in [-0.2, 0) is 17.1 Å². The highest BCUT2D eigenvalue weighted by atomic mass is 32.2. The van der Waals surface area contributed by atoms with Crippen LogP contribution < -0.4 is 5.32 Å². The molecule has 3 amide bonds. The first-order valence-electron chi connectivity index (χ1n) is 9.15. The number of hydrogen-bond acceptors (Lipinski definition) is 6. The fraction of sp³-hybridized carbons (Fsp3) is 0.765. The van der Waals surface area contributed by atoms with Gasteiger partial charge in [-0.15, -0.1) is 0 Å². The normalized spacial score (nSPS) is 20.8. The molecule has 1 aromatic rings. The first-order chi connectivity index (χ1) is 12.6. The Hall–Kier alpha value is -1.77. The van der Waals surface area contributed by atoms with Crippen LogP contribution in [0.15, 0.2) is 4.52 Å². The fourth-order valence-electron chi connectivity index (χ4n) is 3.81. The molecule has 0 bridgehead atoms. The second-order valence-electron chi connectivity index (χ2n) is 7.13. The van der Waals surface area contributed by atoms with E-state index in [1.54, 1.807) is 23.7 Å². The van der Waals surface area contributed by atoms with Crippen LogP contribution in [0, 0.1) is 5.92 Å². The highest BCUT2D eigenvalue weighted by molar-refractivity contribution is 7.97. The van der Waals surface area contributed by atoms with E-state index in [-0.39, 0.29) is 24.4 Å². The molecular formula is C17H27N5O3S. The zero-order chi connectivity index (χ0) is 18.5. The fourth-order valence-corrected chi connectivity index (χ4v) is 4.18. The van der Waals surface area contributed by atoms with E-state index in [1.165, 1.54) is 12.8 Å². The van der Waals surface area contributed by atoms with Gasteiger partial charge in [-0.05, 0) is 19.1 Å². The Kier molecular flexibility index (Phi) is 6.39. The number of nitrogens with zero attached hydrogens (tertiary/aromatic N) is 4. The number of hydrogen-bond donors (Lipinski definition) is 1. The van der Waals surface area contributed by atoms with Gasteiger partial charge in [0.25, 0.3) is 0 Å². The Morgan fingerprint density at radius 3 is 2.92 bits per heavy atom. The van der Waals surface area contributed by atoms with Gasteiger partial charge in [0, 0.05) is 38.5 Å². The molecule has 1 atom stereocenters. The molecule has 1 saturated carbocycles. The van der Waals surface area contributed by atoms with Gasteiger partial charge in [-0.3, -0.25) is 4.79 Å². The summed E-state index contributed by atoms with van der Waals surface area (Å²) in [5, 5.41) is 6.64. The number of nitrogens with one attached hydrogen (secondary N) is 1. The van der Waals surface area contributed by atoms with E-state index in [0.29, 0.717) is 36.5 Å². The van der Waals surface area contributed by atoms with Crippen LogP contribution in [0.4, 0.5) is 4.79 Å². The first-order valence-corrected chi connectivity index (χ1v) is 10.5. The van der Waals surface area contributed by atoms with E-state index < -0.39 is 0 Å². The molecule has 2 fully saturated rings. The second kappa shape index (κ2) is 8.75. The predicted molar refractivity (Wildman–Crippen MR) is 98.5 cm³/mol. The van der Waals surface area contributed by atoms with Crippen LogP contribution >= 0.6 is 11.8 Å². The van der Waals surface area contributed by atoms with Gasteiger partial charge >= 0.3 is 6.03 Å². The molecule has 1 aromatic heterocycles. The molecule has 9 heteroatoms. The predicted octanol–water partition coefficient (Wildman–Crippen LogP) is 1.87. The van der Waals surface area contributed by atoms with Crippen molar-refractivity contribution in [2.75, 3.05) is 26.4 Å². The number of rotatable bonds is 7. The van der Waals surface area contributed by atoms with Crippen LogP contribution in [-0.4, -0.2) is 64.3 Å². The number of urea groups is 1. The molecule has 1 saturated heterocycles. The summed E-state index contributed by atoms with van der Waals surface area (Å²) in [6, 6.07) is 0.223. The van der Waals surface area contributed by atoms with Crippen molar-refractivity contribution in [1.82, 2.24) is 25.3 Å². The molecule has 0 spiro atoms. The number of amides is 3. The van der Waals surface area contributed by atoms with Crippen molar-refractivity contribution in [1.29, 1.82) is 0 Å². The largest absolute Gasteiger partial charge is 0.339 e. The number of likely N-dealkylation sites (tertiary alicyclic amines) is 1. The summed E-state index contributed by atoms with van der Waals surface area (Å²) in [6.45, 7) is 1.55. The van der Waals surface area contributed by atoms with Crippen LogP contribution in [0.2, 0.25) is 0 Å². The van der Waals surface area contributed by atoms with Crippen LogP contribution in [0.25, 0.3) is 0 Å². The molecule has 1 aliphatic carbocycles. The third-order valence-electron chi connectivity index (χ3n) is 5.06. The lowest BCUT2D eigenvalue weighted by molar-refractivity contribution is -0.129. The van der Waals surface area contributed by atoms with E-state index in [2.05, 4.69) is 15.5 Å². The van der Waals surface area contributed by atoms with Gasteiger partial charge in [-0.25, -0.2) is 4.79 Å². The smallest absolute Gasteiger partial charge is 0.317 e. The van der Waals surface area contributed by atoms with Crippen molar-refractivity contribution in [3.05, 3.63) is 11.7 Å². The summed E-state index contributed by atoms with van der Waals surface area (Å²) in [5.74, 6) is 2.16. The Labute approximate surface area is 158 Å². The van der Waals surface area contributed by atoms with Crippen molar-refractivity contribution in [3.8, 4) is 0 Å². The van der Waals surface area contributed by atoms with Gasteiger partial charge in [0.05, 0.1) is 12.3 Å². The van der Waals surface area contributed by atoms with Crippen LogP contribution in [0.1, 0.15) is 43.8 Å². The number of aromatic nitrogens is 2. The maximum Gasteiger partial charge on any atom is 0.317 e. The van der Waals surface area contributed by atoms with Gasteiger partial charge in [0.15, 0.2) is 5.82 Å². The standard InChI is InChI=1S/C17H27N5O3S/c1-21(17(24)18-8-15-19-14(11-26-2)20-25-15)9-12-7-16(23)22(10-12)13-5-3-4-6-13/h12-13H,3-11H2,1-2H3,(H,18,24)/t12-/m0/s1. The average Bonchev–Trinajstić information content (AvgIpc) is 3.34. The first kappa shape index (κ1) is 19.0. The minimum atomic E-state index is -0.193. The van der Waals surface area contributed by atoms with E-state index in [1.807, 2.05) is 11.2 Å². The summed E-state index contributed by atoms with van der Waals surface area (Å²) in [4.78, 5) is 32.4. The van der Waals surface area contributed by atoms with Crippen molar-refractivity contribution in [3.63, 3.8) is 0 Å². The summed E-state index contributed by atoms with van der Waals surface area (Å²) in [6.07, 6.45) is 7.19. The van der Waals surface area contributed by atoms with Gasteiger partial charge in [0.1, 0.15) is 0 Å². The minimum absolute atomic E-state index is 0.193. The van der Waals surface area contributed by atoms with Gasteiger partial charge in [0.2, 0.25) is 11.8 Å². The topological polar surface area (TPSA) is 91.6 Å². The van der Waals surface area contributed by atoms with Crippen LogP contribution in [0.5, 0.6) is 0 Å². The summed E-state index contributed by atoms with van der Waals surface area (Å²) in [5.41, 5.74) is 0. The molecule has 2 aliphatic rings. The molecule has 0 aromatic carbocycles. The molecule has 0 radical (unpaired) electrons. The zero-order valence-corrected chi connectivity index (χ0v) is 16.3. The van der Waals surface area contributed by atoms with Gasteiger partial charge in [-0.2, -0.15) is 16.7 Å². The average molecular weight is 382 g/mol. The van der Waals surface area contributed by atoms with Crippen molar-refractivity contribution < 1.29 is 14.1 Å². The molecule has 3 rings (SSSR count). The van der Waals surface area contributed by atoms with E-state index in [0.717, 1.165) is 19.4 Å². The Balaban J connectivity index is 1.43. The quantitative estimate of drug-likeness (QED) is 0.775. The van der Waals surface area contributed by atoms with E-state index in [4.69, 9.17) is 4.52 Å². The maximum absolute atomic E-state index is 12.3. The van der Waals surface area contributed by atoms with Crippen LogP contribution in [0.3, 0.4) is 0 Å². The monoisotopic (exact) mass is 381 g/mol. The number of carbonyl (C=O) groups excluding carboxylic acids is 2. The summed E-state index contributed by atoms with van der Waals surface area (Å²) < 4.78 is 5.11. The Bertz CT molecular complexity index is 632. The van der Waals surface area contributed by atoms with E-state index in [9.17, 15) is 9.59 Å². The lowest BCUT2D eigenvalue weighted by Gasteiger charge is -2.25. The van der Waals surface area contributed by atoms with Gasteiger partial charge in [-0.1, -0.05) is 18.0 Å².